The molecule has 0 bridgehead atoms. The van der Waals surface area contributed by atoms with Crippen LogP contribution in [-0.2, 0) is 32.7 Å². The van der Waals surface area contributed by atoms with Crippen molar-refractivity contribution in [1.29, 1.82) is 0 Å². The van der Waals surface area contributed by atoms with Crippen molar-refractivity contribution < 1.29 is 32.7 Å². The Morgan fingerprint density at radius 3 is 1.91 bits per heavy atom. The average Bonchev–Trinajstić information content (AvgIpc) is 2.44. The Kier molecular flexibility index (Phi) is 11.1. The lowest BCUT2D eigenvalue weighted by atomic mass is 10.2. The van der Waals surface area contributed by atoms with Crippen molar-refractivity contribution in [3.8, 4) is 0 Å². The van der Waals surface area contributed by atoms with Gasteiger partial charge in [-0.05, 0) is 40.5 Å². The molecular formula is C14H27O7P. The van der Waals surface area contributed by atoms with Gasteiger partial charge < -0.3 is 18.5 Å². The summed E-state index contributed by atoms with van der Waals surface area (Å²) in [5.41, 5.74) is -1.03. The highest BCUT2D eigenvalue weighted by Crippen LogP contribution is 2.55. The SMILES string of the molecule is CCOC(=O)CCCC(C(=O)OCC)P(=O)(OCC)OCC. The molecule has 0 heterocycles. The van der Waals surface area contributed by atoms with E-state index in [1.165, 1.54) is 0 Å². The minimum atomic E-state index is -3.62. The summed E-state index contributed by atoms with van der Waals surface area (Å²) in [6, 6.07) is 0. The molecule has 0 aromatic carbocycles. The fraction of sp³-hybridized carbons (Fsp3) is 0.857. The van der Waals surface area contributed by atoms with Gasteiger partial charge in [0.2, 0.25) is 0 Å². The molecule has 0 aromatic rings. The molecule has 0 saturated heterocycles. The van der Waals surface area contributed by atoms with Crippen molar-refractivity contribution in [1.82, 2.24) is 0 Å². The van der Waals surface area contributed by atoms with E-state index < -0.39 is 19.2 Å². The third-order valence-electron chi connectivity index (χ3n) is 2.72. The largest absolute Gasteiger partial charge is 0.466 e. The van der Waals surface area contributed by atoms with Crippen LogP contribution in [0, 0.1) is 0 Å². The summed E-state index contributed by atoms with van der Waals surface area (Å²) in [5, 5.41) is 0. The quantitative estimate of drug-likeness (QED) is 0.399. The van der Waals surface area contributed by atoms with Gasteiger partial charge in [-0.25, -0.2) is 0 Å². The molecule has 8 heteroatoms. The molecule has 0 spiro atoms. The van der Waals surface area contributed by atoms with Gasteiger partial charge in [0.1, 0.15) is 0 Å². The average molecular weight is 338 g/mol. The highest BCUT2D eigenvalue weighted by molar-refractivity contribution is 7.55. The van der Waals surface area contributed by atoms with E-state index in [0.29, 0.717) is 13.0 Å². The molecule has 0 rings (SSSR count). The number of carbonyl (C=O) groups is 2. The topological polar surface area (TPSA) is 88.1 Å². The second kappa shape index (κ2) is 11.6. The number of rotatable bonds is 12. The standard InChI is InChI=1S/C14H27O7P/c1-5-18-13(15)11-9-10-12(14(16)19-6-2)22(17,20-7-3)21-8-4/h12H,5-11H2,1-4H3. The van der Waals surface area contributed by atoms with Gasteiger partial charge >= 0.3 is 19.5 Å². The number of hydrogen-bond acceptors (Lipinski definition) is 7. The molecule has 0 aliphatic heterocycles. The number of ether oxygens (including phenoxy) is 2. The van der Waals surface area contributed by atoms with Crippen LogP contribution >= 0.6 is 7.60 Å². The van der Waals surface area contributed by atoms with Gasteiger partial charge in [-0.15, -0.1) is 0 Å². The monoisotopic (exact) mass is 338 g/mol. The van der Waals surface area contributed by atoms with Crippen LogP contribution in [0.2, 0.25) is 0 Å². The Morgan fingerprint density at radius 2 is 1.45 bits per heavy atom. The predicted octanol–water partition coefficient (Wildman–Crippen LogP) is 2.92. The highest BCUT2D eigenvalue weighted by Gasteiger charge is 2.41. The Balaban J connectivity index is 4.90. The van der Waals surface area contributed by atoms with Crippen molar-refractivity contribution in [2.45, 2.75) is 52.6 Å². The predicted molar refractivity (Wildman–Crippen MR) is 81.8 cm³/mol. The number of carbonyl (C=O) groups excluding carboxylic acids is 2. The minimum Gasteiger partial charge on any atom is -0.466 e. The van der Waals surface area contributed by atoms with Gasteiger partial charge in [-0.2, -0.15) is 0 Å². The van der Waals surface area contributed by atoms with Crippen LogP contribution < -0.4 is 0 Å². The highest BCUT2D eigenvalue weighted by atomic mass is 31.2. The van der Waals surface area contributed by atoms with Crippen LogP contribution in [0.5, 0.6) is 0 Å². The Bertz CT molecular complexity index is 373. The third-order valence-corrected chi connectivity index (χ3v) is 5.19. The summed E-state index contributed by atoms with van der Waals surface area (Å²) >= 11 is 0. The van der Waals surface area contributed by atoms with E-state index in [0.717, 1.165) is 0 Å². The molecule has 0 aliphatic rings. The van der Waals surface area contributed by atoms with Gasteiger partial charge in [0.05, 0.1) is 26.4 Å². The first kappa shape index (κ1) is 21.1. The zero-order valence-electron chi connectivity index (χ0n) is 13.8. The molecule has 130 valence electrons. The van der Waals surface area contributed by atoms with Gasteiger partial charge in [0.15, 0.2) is 5.66 Å². The molecule has 1 unspecified atom stereocenters. The first-order valence-electron chi connectivity index (χ1n) is 7.66. The molecular weight excluding hydrogens is 311 g/mol. The van der Waals surface area contributed by atoms with E-state index in [-0.39, 0.29) is 38.6 Å². The number of hydrogen-bond donors (Lipinski definition) is 0. The molecule has 0 aliphatic carbocycles. The summed E-state index contributed by atoms with van der Waals surface area (Å²) in [6.45, 7) is 7.52. The normalized spacial score (nSPS) is 12.7. The van der Waals surface area contributed by atoms with Gasteiger partial charge in [0, 0.05) is 6.42 Å². The lowest BCUT2D eigenvalue weighted by molar-refractivity contribution is -0.145. The van der Waals surface area contributed by atoms with Crippen molar-refractivity contribution in [3.63, 3.8) is 0 Å². The first-order chi connectivity index (χ1) is 10.4. The maximum absolute atomic E-state index is 12.8. The van der Waals surface area contributed by atoms with Gasteiger partial charge in [-0.1, -0.05) is 0 Å². The minimum absolute atomic E-state index is 0.141. The molecule has 0 saturated carbocycles. The Hall–Kier alpha value is -0.910. The van der Waals surface area contributed by atoms with Crippen LogP contribution in [-0.4, -0.2) is 44.0 Å². The second-order valence-corrected chi connectivity index (χ2v) is 6.56. The van der Waals surface area contributed by atoms with E-state index >= 15 is 0 Å². The van der Waals surface area contributed by atoms with Gasteiger partial charge in [0.25, 0.3) is 0 Å². The molecule has 22 heavy (non-hydrogen) atoms. The van der Waals surface area contributed by atoms with E-state index in [4.69, 9.17) is 18.5 Å². The zero-order valence-corrected chi connectivity index (χ0v) is 14.7. The Morgan fingerprint density at radius 1 is 0.909 bits per heavy atom. The second-order valence-electron chi connectivity index (χ2n) is 4.34. The van der Waals surface area contributed by atoms with E-state index in [1.807, 2.05) is 0 Å². The molecule has 0 radical (unpaired) electrons. The maximum Gasteiger partial charge on any atom is 0.344 e. The summed E-state index contributed by atoms with van der Waals surface area (Å²) in [7, 11) is -3.62. The van der Waals surface area contributed by atoms with Crippen LogP contribution in [0.4, 0.5) is 0 Å². The van der Waals surface area contributed by atoms with Crippen molar-refractivity contribution in [2.75, 3.05) is 26.4 Å². The fourth-order valence-electron chi connectivity index (χ4n) is 1.89. The molecule has 0 fully saturated rings. The zero-order chi connectivity index (χ0) is 17.0. The maximum atomic E-state index is 12.8. The van der Waals surface area contributed by atoms with Gasteiger partial charge in [-0.3, -0.25) is 14.2 Å². The summed E-state index contributed by atoms with van der Waals surface area (Å²) in [5.74, 6) is -0.982. The fourth-order valence-corrected chi connectivity index (χ4v) is 3.88. The number of esters is 2. The summed E-state index contributed by atoms with van der Waals surface area (Å²) < 4.78 is 33.0. The Labute approximate surface area is 132 Å². The molecule has 0 N–H and O–H groups in total. The van der Waals surface area contributed by atoms with E-state index in [1.54, 1.807) is 27.7 Å². The van der Waals surface area contributed by atoms with Crippen LogP contribution in [0.25, 0.3) is 0 Å². The van der Waals surface area contributed by atoms with Crippen LogP contribution in [0.1, 0.15) is 47.0 Å². The first-order valence-corrected chi connectivity index (χ1v) is 9.27. The third kappa shape index (κ3) is 7.38. The van der Waals surface area contributed by atoms with E-state index in [9.17, 15) is 14.2 Å². The molecule has 7 nitrogen and oxygen atoms in total. The summed E-state index contributed by atoms with van der Waals surface area (Å²) in [4.78, 5) is 23.4. The smallest absolute Gasteiger partial charge is 0.344 e. The van der Waals surface area contributed by atoms with Crippen molar-refractivity contribution in [2.24, 2.45) is 0 Å². The van der Waals surface area contributed by atoms with Crippen molar-refractivity contribution >= 4 is 19.5 Å². The lowest BCUT2D eigenvalue weighted by Gasteiger charge is -2.24. The molecule has 0 amide bonds. The summed E-state index contributed by atoms with van der Waals surface area (Å²) in [6.07, 6.45) is 0.656. The van der Waals surface area contributed by atoms with Crippen molar-refractivity contribution in [3.05, 3.63) is 0 Å². The van der Waals surface area contributed by atoms with Crippen LogP contribution in [0.15, 0.2) is 0 Å². The molecule has 1 atom stereocenters. The van der Waals surface area contributed by atoms with Crippen LogP contribution in [0.3, 0.4) is 0 Å². The lowest BCUT2D eigenvalue weighted by Crippen LogP contribution is -2.26. The molecule has 0 aromatic heterocycles. The van der Waals surface area contributed by atoms with E-state index in [2.05, 4.69) is 0 Å².